The minimum atomic E-state index is -0.916. The maximum Gasteiger partial charge on any atom is 0.158 e. The summed E-state index contributed by atoms with van der Waals surface area (Å²) in [5.41, 5.74) is 0. The zero-order chi connectivity index (χ0) is 17.2. The van der Waals surface area contributed by atoms with Crippen LogP contribution in [0.4, 0.5) is 0 Å². The van der Waals surface area contributed by atoms with E-state index in [0.29, 0.717) is 0 Å². The minimum absolute atomic E-state index is 0.140. The molecule has 0 amide bonds. The summed E-state index contributed by atoms with van der Waals surface area (Å²) in [6, 6.07) is 0. The predicted octanol–water partition coefficient (Wildman–Crippen LogP) is 0.840. The molecule has 2 saturated heterocycles. The maximum absolute atomic E-state index is 9.95. The first-order chi connectivity index (χ1) is 11.8. The van der Waals surface area contributed by atoms with Crippen LogP contribution < -0.4 is 0 Å². The Hall–Kier alpha value is -1.38. The van der Waals surface area contributed by atoms with Gasteiger partial charge in [0.15, 0.2) is 6.29 Å². The van der Waals surface area contributed by atoms with E-state index < -0.39 is 12.2 Å². The maximum atomic E-state index is 9.95. The summed E-state index contributed by atoms with van der Waals surface area (Å²) < 4.78 is 26.5. The van der Waals surface area contributed by atoms with Crippen LogP contribution in [0.3, 0.4) is 0 Å². The Bertz CT molecular complexity index is 505. The third-order valence-corrected chi connectivity index (χ3v) is 3.66. The second-order valence-electron chi connectivity index (χ2n) is 5.46. The lowest BCUT2D eigenvalue weighted by Gasteiger charge is -2.21. The summed E-state index contributed by atoms with van der Waals surface area (Å²) in [6.45, 7) is 4.83. The minimum Gasteiger partial charge on any atom is -0.377 e. The van der Waals surface area contributed by atoms with E-state index in [9.17, 15) is 5.11 Å². The van der Waals surface area contributed by atoms with E-state index >= 15 is 0 Å². The molecule has 132 valence electrons. The zero-order valence-electron chi connectivity index (χ0n) is 13.9. The fourth-order valence-corrected chi connectivity index (χ4v) is 2.35. The predicted molar refractivity (Wildman–Crippen MR) is 86.7 cm³/mol. The van der Waals surface area contributed by atoms with Gasteiger partial charge in [0.1, 0.15) is 37.8 Å². The Labute approximate surface area is 143 Å². The molecule has 0 aromatic heterocycles. The van der Waals surface area contributed by atoms with Gasteiger partial charge in [-0.2, -0.15) is 0 Å². The van der Waals surface area contributed by atoms with Crippen LogP contribution in [0.1, 0.15) is 19.3 Å². The van der Waals surface area contributed by atoms with Gasteiger partial charge >= 0.3 is 0 Å². The topological polar surface area (TPSA) is 69.7 Å². The van der Waals surface area contributed by atoms with Gasteiger partial charge in [-0.15, -0.1) is 6.58 Å². The van der Waals surface area contributed by atoms with Crippen molar-refractivity contribution in [2.75, 3.05) is 27.1 Å². The quantitative estimate of drug-likeness (QED) is 0.307. The van der Waals surface area contributed by atoms with Crippen LogP contribution in [0, 0.1) is 23.7 Å². The van der Waals surface area contributed by atoms with E-state index in [0.717, 1.165) is 25.9 Å². The fraction of sp³-hybridized carbons (Fsp3) is 0.667. The van der Waals surface area contributed by atoms with Crippen molar-refractivity contribution in [3.63, 3.8) is 0 Å². The second-order valence-corrected chi connectivity index (χ2v) is 5.46. The van der Waals surface area contributed by atoms with Gasteiger partial charge in [-0.05, 0) is 31.1 Å². The highest BCUT2D eigenvalue weighted by Crippen LogP contribution is 2.30. The Balaban J connectivity index is 1.66. The molecule has 6 heteroatoms. The van der Waals surface area contributed by atoms with E-state index in [-0.39, 0.29) is 31.9 Å². The van der Waals surface area contributed by atoms with E-state index in [1.165, 1.54) is 7.11 Å². The summed E-state index contributed by atoms with van der Waals surface area (Å²) in [4.78, 5) is 0. The second kappa shape index (κ2) is 10.5. The summed E-state index contributed by atoms with van der Waals surface area (Å²) in [5.74, 6) is 10.7. The molecule has 2 heterocycles. The molecule has 1 N–H and O–H groups in total. The first-order valence-corrected chi connectivity index (χ1v) is 8.04. The smallest absolute Gasteiger partial charge is 0.158 e. The molecule has 5 atom stereocenters. The molecular formula is C18H24O6. The molecule has 0 aliphatic carbocycles. The van der Waals surface area contributed by atoms with Crippen molar-refractivity contribution in [2.45, 2.75) is 50.0 Å². The van der Waals surface area contributed by atoms with Crippen LogP contribution in [0.2, 0.25) is 0 Å². The molecule has 2 aliphatic heterocycles. The third kappa shape index (κ3) is 6.26. The average Bonchev–Trinajstić information content (AvgIpc) is 3.40. The molecule has 2 unspecified atom stereocenters. The highest BCUT2D eigenvalue weighted by Gasteiger charge is 2.48. The van der Waals surface area contributed by atoms with Crippen molar-refractivity contribution in [1.29, 1.82) is 0 Å². The highest BCUT2D eigenvalue weighted by atomic mass is 16.7. The Kier molecular flexibility index (Phi) is 8.27. The first kappa shape index (κ1) is 19.0. The summed E-state index contributed by atoms with van der Waals surface area (Å²) >= 11 is 0. The van der Waals surface area contributed by atoms with Crippen LogP contribution >= 0.6 is 0 Å². The van der Waals surface area contributed by atoms with Gasteiger partial charge in [0, 0.05) is 13.7 Å². The highest BCUT2D eigenvalue weighted by molar-refractivity contribution is 5.29. The number of hydrogen-bond acceptors (Lipinski definition) is 6. The van der Waals surface area contributed by atoms with Crippen molar-refractivity contribution in [1.82, 2.24) is 0 Å². The van der Waals surface area contributed by atoms with Gasteiger partial charge in [0.05, 0.1) is 0 Å². The number of epoxide rings is 1. The van der Waals surface area contributed by atoms with Crippen molar-refractivity contribution < 1.29 is 28.8 Å². The monoisotopic (exact) mass is 336 g/mol. The van der Waals surface area contributed by atoms with Crippen molar-refractivity contribution in [3.8, 4) is 23.7 Å². The van der Waals surface area contributed by atoms with Gasteiger partial charge < -0.3 is 28.8 Å². The van der Waals surface area contributed by atoms with Gasteiger partial charge in [-0.25, -0.2) is 0 Å². The number of aliphatic hydroxyl groups excluding tert-OH is 1. The lowest BCUT2D eigenvalue weighted by Crippen LogP contribution is -2.24. The number of rotatable bonds is 8. The third-order valence-electron chi connectivity index (χ3n) is 3.66. The normalized spacial score (nSPS) is 27.8. The lowest BCUT2D eigenvalue weighted by molar-refractivity contribution is -0.154. The number of methoxy groups -OCH3 is 1. The molecule has 0 aromatic carbocycles. The van der Waals surface area contributed by atoms with Crippen molar-refractivity contribution in [2.24, 2.45) is 0 Å². The summed E-state index contributed by atoms with van der Waals surface area (Å²) in [7, 11) is 1.54. The Morgan fingerprint density at radius 1 is 1.33 bits per heavy atom. The molecule has 2 rings (SSSR count). The molecule has 6 nitrogen and oxygen atoms in total. The van der Waals surface area contributed by atoms with Crippen LogP contribution in [0.25, 0.3) is 0 Å². The van der Waals surface area contributed by atoms with Gasteiger partial charge in [0.25, 0.3) is 0 Å². The van der Waals surface area contributed by atoms with Gasteiger partial charge in [-0.3, -0.25) is 0 Å². The molecule has 0 bridgehead atoms. The molecular weight excluding hydrogens is 312 g/mol. The molecule has 0 spiro atoms. The molecule has 2 aliphatic rings. The summed E-state index contributed by atoms with van der Waals surface area (Å²) in [6.07, 6.45) is 2.66. The molecule has 0 radical (unpaired) electrons. The molecule has 0 saturated carbocycles. The first-order valence-electron chi connectivity index (χ1n) is 8.04. The van der Waals surface area contributed by atoms with E-state index in [1.54, 1.807) is 6.08 Å². The van der Waals surface area contributed by atoms with E-state index in [4.69, 9.17) is 23.7 Å². The van der Waals surface area contributed by atoms with Gasteiger partial charge in [-0.1, -0.05) is 17.9 Å². The summed E-state index contributed by atoms with van der Waals surface area (Å²) in [5, 5.41) is 9.95. The molecule has 24 heavy (non-hydrogen) atoms. The zero-order valence-corrected chi connectivity index (χ0v) is 13.9. The Morgan fingerprint density at radius 2 is 2.21 bits per heavy atom. The number of hydrogen-bond donors (Lipinski definition) is 1. The van der Waals surface area contributed by atoms with Crippen LogP contribution in [0.5, 0.6) is 0 Å². The van der Waals surface area contributed by atoms with Crippen LogP contribution in [-0.4, -0.2) is 62.9 Å². The van der Waals surface area contributed by atoms with Crippen molar-refractivity contribution in [3.05, 3.63) is 12.7 Å². The van der Waals surface area contributed by atoms with E-state index in [1.807, 2.05) is 0 Å². The fourth-order valence-electron chi connectivity index (χ4n) is 2.35. The SMILES string of the molecule is C=C[C@@H](OCOC)[C@@H]1O[C@@H]1C(O)C#CC#CCOC1CCCCO1. The standard InChI is InChI=1S/C18H24O6/c1-3-15(23-13-20-2)18-17(24-18)14(19)9-5-4-7-11-21-16-10-6-8-12-22-16/h3,14-19H,1,6,8,10-13H2,2H3/t14?,15-,16?,17-,18+/m1/s1. The lowest BCUT2D eigenvalue weighted by atomic mass is 10.1. The average molecular weight is 336 g/mol. The largest absolute Gasteiger partial charge is 0.377 e. The number of aliphatic hydroxyl groups is 1. The molecule has 2 fully saturated rings. The van der Waals surface area contributed by atoms with Gasteiger partial charge in [0.2, 0.25) is 0 Å². The van der Waals surface area contributed by atoms with Crippen LogP contribution in [-0.2, 0) is 23.7 Å². The molecule has 0 aromatic rings. The van der Waals surface area contributed by atoms with Crippen LogP contribution in [0.15, 0.2) is 12.7 Å². The van der Waals surface area contributed by atoms with E-state index in [2.05, 4.69) is 30.3 Å². The number of ether oxygens (including phenoxy) is 5. The van der Waals surface area contributed by atoms with Crippen molar-refractivity contribution >= 4 is 0 Å². The Morgan fingerprint density at radius 3 is 2.92 bits per heavy atom.